The first-order valence-electron chi connectivity index (χ1n) is 6.50. The second kappa shape index (κ2) is 6.25. The van der Waals surface area contributed by atoms with Crippen molar-refractivity contribution in [3.05, 3.63) is 35.4 Å². The fourth-order valence-corrected chi connectivity index (χ4v) is 2.64. The summed E-state index contributed by atoms with van der Waals surface area (Å²) >= 11 is 0. The number of likely N-dealkylation sites (tertiary alicyclic amines) is 1. The van der Waals surface area contributed by atoms with Gasteiger partial charge >= 0.3 is 0 Å². The van der Waals surface area contributed by atoms with Gasteiger partial charge in [0.25, 0.3) is 0 Å². The van der Waals surface area contributed by atoms with E-state index in [-0.39, 0.29) is 12.2 Å². The van der Waals surface area contributed by atoms with Crippen molar-refractivity contribution in [1.82, 2.24) is 4.90 Å². The van der Waals surface area contributed by atoms with E-state index in [0.717, 1.165) is 32.2 Å². The molecule has 0 bridgehead atoms. The Labute approximate surface area is 106 Å². The van der Waals surface area contributed by atoms with Gasteiger partial charge in [-0.05, 0) is 44.4 Å². The molecule has 18 heavy (non-hydrogen) atoms. The lowest BCUT2D eigenvalue weighted by molar-refractivity contribution is 0.206. The van der Waals surface area contributed by atoms with Crippen LogP contribution in [0.3, 0.4) is 0 Å². The van der Waals surface area contributed by atoms with Crippen molar-refractivity contribution in [2.45, 2.75) is 38.3 Å². The molecule has 1 aliphatic heterocycles. The summed E-state index contributed by atoms with van der Waals surface area (Å²) in [5.41, 5.74) is 0.161. The molecule has 1 N–H and O–H groups in total. The Kier molecular flexibility index (Phi) is 4.66. The highest BCUT2D eigenvalue weighted by Gasteiger charge is 2.25. The maximum absolute atomic E-state index is 13.6. The molecule has 1 heterocycles. The summed E-state index contributed by atoms with van der Waals surface area (Å²) in [6, 6.07) is 4.34. The summed E-state index contributed by atoms with van der Waals surface area (Å²) in [5, 5.41) is 8.85. The zero-order valence-corrected chi connectivity index (χ0v) is 10.4. The predicted octanol–water partition coefficient (Wildman–Crippen LogP) is 2.70. The van der Waals surface area contributed by atoms with Gasteiger partial charge in [-0.25, -0.2) is 8.78 Å². The number of benzene rings is 1. The molecular weight excluding hydrogens is 236 g/mol. The fourth-order valence-electron chi connectivity index (χ4n) is 2.64. The number of hydrogen-bond donors (Lipinski definition) is 1. The Morgan fingerprint density at radius 1 is 1.28 bits per heavy atom. The van der Waals surface area contributed by atoms with Crippen molar-refractivity contribution >= 4 is 0 Å². The summed E-state index contributed by atoms with van der Waals surface area (Å²) in [6.45, 7) is 1.39. The first kappa shape index (κ1) is 13.4. The summed E-state index contributed by atoms with van der Waals surface area (Å²) in [4.78, 5) is 2.12. The van der Waals surface area contributed by atoms with Crippen molar-refractivity contribution in [1.29, 1.82) is 0 Å². The number of hydrogen-bond acceptors (Lipinski definition) is 2. The van der Waals surface area contributed by atoms with Gasteiger partial charge in [-0.1, -0.05) is 6.07 Å². The lowest BCUT2D eigenvalue weighted by Crippen LogP contribution is -2.29. The van der Waals surface area contributed by atoms with Gasteiger partial charge in [-0.2, -0.15) is 0 Å². The molecule has 1 fully saturated rings. The summed E-state index contributed by atoms with van der Waals surface area (Å²) in [5.74, 6) is -0.939. The monoisotopic (exact) mass is 255 g/mol. The number of aliphatic hydroxyl groups is 1. The van der Waals surface area contributed by atoms with Gasteiger partial charge in [0.2, 0.25) is 0 Å². The summed E-state index contributed by atoms with van der Waals surface area (Å²) < 4.78 is 27.2. The third-order valence-electron chi connectivity index (χ3n) is 3.62. The number of nitrogens with zero attached hydrogens (tertiary/aromatic N) is 1. The molecule has 1 aromatic rings. The van der Waals surface area contributed by atoms with Crippen LogP contribution in [-0.4, -0.2) is 29.2 Å². The second-order valence-electron chi connectivity index (χ2n) is 4.83. The van der Waals surface area contributed by atoms with Crippen LogP contribution in [0.4, 0.5) is 8.78 Å². The molecule has 1 saturated heterocycles. The van der Waals surface area contributed by atoms with E-state index in [2.05, 4.69) is 4.90 Å². The summed E-state index contributed by atoms with van der Waals surface area (Å²) in [7, 11) is 0. The standard InChI is InChI=1S/C14H19F2NO/c15-13-6-1-7-14(16)12(13)10-17-8-2-4-11(17)5-3-9-18/h1,6-7,11,18H,2-5,8-10H2/t11-/m0/s1. The molecular formula is C14H19F2NO. The van der Waals surface area contributed by atoms with E-state index in [4.69, 9.17) is 5.11 Å². The molecule has 2 nitrogen and oxygen atoms in total. The third kappa shape index (κ3) is 3.06. The normalized spacial score (nSPS) is 20.5. The van der Waals surface area contributed by atoms with Crippen molar-refractivity contribution in [3.63, 3.8) is 0 Å². The summed E-state index contributed by atoms with van der Waals surface area (Å²) in [6.07, 6.45) is 3.76. The Bertz CT molecular complexity index is 377. The van der Waals surface area contributed by atoms with Gasteiger partial charge in [0.15, 0.2) is 0 Å². The van der Waals surface area contributed by atoms with Gasteiger partial charge < -0.3 is 5.11 Å². The highest BCUT2D eigenvalue weighted by atomic mass is 19.1. The van der Waals surface area contributed by atoms with Crippen LogP contribution < -0.4 is 0 Å². The average molecular weight is 255 g/mol. The zero-order valence-electron chi connectivity index (χ0n) is 10.4. The third-order valence-corrected chi connectivity index (χ3v) is 3.62. The molecule has 2 rings (SSSR count). The first-order chi connectivity index (χ1) is 8.72. The van der Waals surface area contributed by atoms with Crippen molar-refractivity contribution in [2.24, 2.45) is 0 Å². The molecule has 0 amide bonds. The highest BCUT2D eigenvalue weighted by molar-refractivity contribution is 5.19. The molecule has 0 saturated carbocycles. The Balaban J connectivity index is 2.03. The van der Waals surface area contributed by atoms with Gasteiger partial charge in [-0.3, -0.25) is 4.90 Å². The predicted molar refractivity (Wildman–Crippen MR) is 66.1 cm³/mol. The average Bonchev–Trinajstić information content (AvgIpc) is 2.79. The van der Waals surface area contributed by atoms with E-state index in [1.165, 1.54) is 18.2 Å². The maximum Gasteiger partial charge on any atom is 0.130 e. The largest absolute Gasteiger partial charge is 0.396 e. The first-order valence-corrected chi connectivity index (χ1v) is 6.50. The van der Waals surface area contributed by atoms with Crippen LogP contribution in [0, 0.1) is 11.6 Å². The van der Waals surface area contributed by atoms with Gasteiger partial charge in [0.05, 0.1) is 0 Å². The molecule has 0 aromatic heterocycles. The topological polar surface area (TPSA) is 23.5 Å². The van der Waals surface area contributed by atoms with Crippen molar-refractivity contribution in [2.75, 3.05) is 13.2 Å². The number of aliphatic hydroxyl groups excluding tert-OH is 1. The van der Waals surface area contributed by atoms with Crippen LogP contribution in [0.1, 0.15) is 31.2 Å². The highest BCUT2D eigenvalue weighted by Crippen LogP contribution is 2.25. The van der Waals surface area contributed by atoms with Gasteiger partial charge in [0.1, 0.15) is 11.6 Å². The van der Waals surface area contributed by atoms with Crippen molar-refractivity contribution < 1.29 is 13.9 Å². The van der Waals surface area contributed by atoms with E-state index >= 15 is 0 Å². The smallest absolute Gasteiger partial charge is 0.130 e. The van der Waals surface area contributed by atoms with E-state index < -0.39 is 11.6 Å². The molecule has 0 unspecified atom stereocenters. The maximum atomic E-state index is 13.6. The molecule has 4 heteroatoms. The minimum atomic E-state index is -0.470. The van der Waals surface area contributed by atoms with Gasteiger partial charge in [0, 0.05) is 24.8 Å². The van der Waals surface area contributed by atoms with E-state index in [1.807, 2.05) is 0 Å². The minimum absolute atomic E-state index is 0.161. The zero-order chi connectivity index (χ0) is 13.0. The van der Waals surface area contributed by atoms with Gasteiger partial charge in [-0.15, -0.1) is 0 Å². The van der Waals surface area contributed by atoms with Crippen LogP contribution in [0.15, 0.2) is 18.2 Å². The Hall–Kier alpha value is -1.00. The Morgan fingerprint density at radius 2 is 2.00 bits per heavy atom. The van der Waals surface area contributed by atoms with Crippen LogP contribution in [0.5, 0.6) is 0 Å². The molecule has 1 aromatic carbocycles. The number of halogens is 2. The second-order valence-corrected chi connectivity index (χ2v) is 4.83. The van der Waals surface area contributed by atoms with E-state index in [9.17, 15) is 8.78 Å². The minimum Gasteiger partial charge on any atom is -0.396 e. The van der Waals surface area contributed by atoms with Crippen LogP contribution >= 0.6 is 0 Å². The SMILES string of the molecule is OCCC[C@@H]1CCCN1Cc1c(F)cccc1F. The quantitative estimate of drug-likeness (QED) is 0.874. The Morgan fingerprint density at radius 3 is 2.67 bits per heavy atom. The lowest BCUT2D eigenvalue weighted by atomic mass is 10.1. The molecule has 0 aliphatic carbocycles. The molecule has 0 radical (unpaired) electrons. The molecule has 0 spiro atoms. The van der Waals surface area contributed by atoms with Crippen LogP contribution in [-0.2, 0) is 6.54 Å². The fraction of sp³-hybridized carbons (Fsp3) is 0.571. The van der Waals surface area contributed by atoms with E-state index in [1.54, 1.807) is 0 Å². The van der Waals surface area contributed by atoms with E-state index in [0.29, 0.717) is 12.6 Å². The van der Waals surface area contributed by atoms with Crippen molar-refractivity contribution in [3.8, 4) is 0 Å². The number of rotatable bonds is 5. The molecule has 100 valence electrons. The molecule has 1 atom stereocenters. The van der Waals surface area contributed by atoms with Crippen LogP contribution in [0.25, 0.3) is 0 Å². The van der Waals surface area contributed by atoms with Crippen LogP contribution in [0.2, 0.25) is 0 Å². The molecule has 1 aliphatic rings. The lowest BCUT2D eigenvalue weighted by Gasteiger charge is -2.24.